The van der Waals surface area contributed by atoms with Crippen molar-refractivity contribution in [2.45, 2.75) is 19.6 Å². The Balaban J connectivity index is 2.66. The highest BCUT2D eigenvalue weighted by atomic mass is 16.3. The maximum atomic E-state index is 11.5. The lowest BCUT2D eigenvalue weighted by molar-refractivity contribution is 0.175. The van der Waals surface area contributed by atoms with E-state index in [1.54, 1.807) is 19.2 Å². The van der Waals surface area contributed by atoms with Gasteiger partial charge in [-0.1, -0.05) is 12.1 Å². The molecule has 1 aromatic heterocycles. The van der Waals surface area contributed by atoms with Gasteiger partial charge in [0, 0.05) is 24.2 Å². The standard InChI is InChI=1S/C12H13NO2/c1-9(14)8-13-7-6-12(15)10-4-2-3-5-11(10)13/h2-7,9,14H,8H2,1H3/t9-/m0/s1. The van der Waals surface area contributed by atoms with Crippen molar-refractivity contribution < 1.29 is 5.11 Å². The molecule has 0 aliphatic rings. The maximum absolute atomic E-state index is 11.5. The average molecular weight is 203 g/mol. The third kappa shape index (κ3) is 1.92. The summed E-state index contributed by atoms with van der Waals surface area (Å²) in [7, 11) is 0. The molecule has 3 nitrogen and oxygen atoms in total. The van der Waals surface area contributed by atoms with Gasteiger partial charge < -0.3 is 9.67 Å². The van der Waals surface area contributed by atoms with Gasteiger partial charge in [0.25, 0.3) is 0 Å². The highest BCUT2D eigenvalue weighted by Gasteiger charge is 2.03. The number of hydrogen-bond donors (Lipinski definition) is 1. The predicted octanol–water partition coefficient (Wildman–Crippen LogP) is 1.38. The SMILES string of the molecule is C[C@H](O)Cn1ccc(=O)c2ccccc21. The number of para-hydroxylation sites is 1. The Bertz CT molecular complexity index is 528. The normalized spacial score (nSPS) is 12.9. The maximum Gasteiger partial charge on any atom is 0.189 e. The molecule has 1 atom stereocenters. The minimum atomic E-state index is -0.420. The zero-order chi connectivity index (χ0) is 10.8. The van der Waals surface area contributed by atoms with Gasteiger partial charge in [0.15, 0.2) is 5.43 Å². The molecule has 0 fully saturated rings. The molecular formula is C12H13NO2. The third-order valence-corrected chi connectivity index (χ3v) is 2.35. The monoisotopic (exact) mass is 203 g/mol. The Kier molecular flexibility index (Phi) is 2.56. The fraction of sp³-hybridized carbons (Fsp3) is 0.250. The van der Waals surface area contributed by atoms with Crippen LogP contribution >= 0.6 is 0 Å². The third-order valence-electron chi connectivity index (χ3n) is 2.35. The average Bonchev–Trinajstić information content (AvgIpc) is 2.22. The molecule has 1 heterocycles. The van der Waals surface area contributed by atoms with Crippen LogP contribution in [0.1, 0.15) is 6.92 Å². The van der Waals surface area contributed by atoms with Crippen molar-refractivity contribution in [1.82, 2.24) is 4.57 Å². The van der Waals surface area contributed by atoms with E-state index in [4.69, 9.17) is 0 Å². The molecule has 1 aromatic carbocycles. The van der Waals surface area contributed by atoms with E-state index in [0.29, 0.717) is 11.9 Å². The largest absolute Gasteiger partial charge is 0.392 e. The number of benzene rings is 1. The first-order valence-electron chi connectivity index (χ1n) is 4.95. The highest BCUT2D eigenvalue weighted by molar-refractivity contribution is 5.78. The first kappa shape index (κ1) is 9.93. The van der Waals surface area contributed by atoms with Crippen LogP contribution in [0, 0.1) is 0 Å². The molecule has 0 saturated heterocycles. The fourth-order valence-electron chi connectivity index (χ4n) is 1.70. The van der Waals surface area contributed by atoms with Crippen LogP contribution in [0.3, 0.4) is 0 Å². The van der Waals surface area contributed by atoms with E-state index in [1.165, 1.54) is 6.07 Å². The zero-order valence-corrected chi connectivity index (χ0v) is 8.55. The fourth-order valence-corrected chi connectivity index (χ4v) is 1.70. The van der Waals surface area contributed by atoms with Crippen LogP contribution in [0.25, 0.3) is 10.9 Å². The summed E-state index contributed by atoms with van der Waals surface area (Å²) in [6, 6.07) is 8.96. The van der Waals surface area contributed by atoms with E-state index in [0.717, 1.165) is 5.52 Å². The molecule has 0 radical (unpaired) electrons. The number of pyridine rings is 1. The predicted molar refractivity (Wildman–Crippen MR) is 59.9 cm³/mol. The molecule has 0 amide bonds. The molecule has 1 N–H and O–H groups in total. The molecular weight excluding hydrogens is 190 g/mol. The second kappa shape index (κ2) is 3.87. The van der Waals surface area contributed by atoms with Gasteiger partial charge >= 0.3 is 0 Å². The Hall–Kier alpha value is -1.61. The molecule has 78 valence electrons. The molecule has 0 aliphatic heterocycles. The lowest BCUT2D eigenvalue weighted by atomic mass is 10.2. The van der Waals surface area contributed by atoms with Crippen LogP contribution < -0.4 is 5.43 Å². The van der Waals surface area contributed by atoms with Gasteiger partial charge in [0.05, 0.1) is 11.6 Å². The molecule has 3 heteroatoms. The molecule has 0 spiro atoms. The van der Waals surface area contributed by atoms with Gasteiger partial charge in [0.2, 0.25) is 0 Å². The van der Waals surface area contributed by atoms with E-state index < -0.39 is 6.10 Å². The minimum Gasteiger partial charge on any atom is -0.392 e. The van der Waals surface area contributed by atoms with E-state index in [9.17, 15) is 9.90 Å². The van der Waals surface area contributed by atoms with E-state index in [-0.39, 0.29) is 5.43 Å². The number of hydrogen-bond acceptors (Lipinski definition) is 2. The number of nitrogens with zero attached hydrogens (tertiary/aromatic N) is 1. The van der Waals surface area contributed by atoms with E-state index in [1.807, 2.05) is 22.8 Å². The molecule has 0 aliphatic carbocycles. The zero-order valence-electron chi connectivity index (χ0n) is 8.55. The Morgan fingerprint density at radius 3 is 2.80 bits per heavy atom. The summed E-state index contributed by atoms with van der Waals surface area (Å²) >= 11 is 0. The molecule has 0 unspecified atom stereocenters. The molecule has 0 saturated carbocycles. The topological polar surface area (TPSA) is 42.2 Å². The van der Waals surface area contributed by atoms with Gasteiger partial charge in [-0.3, -0.25) is 4.79 Å². The first-order chi connectivity index (χ1) is 7.18. The molecule has 2 rings (SSSR count). The Labute approximate surface area is 87.6 Å². The van der Waals surface area contributed by atoms with Crippen molar-refractivity contribution in [1.29, 1.82) is 0 Å². The van der Waals surface area contributed by atoms with Crippen molar-refractivity contribution in [2.24, 2.45) is 0 Å². The smallest absolute Gasteiger partial charge is 0.189 e. The van der Waals surface area contributed by atoms with Crippen molar-refractivity contribution in [3.8, 4) is 0 Å². The summed E-state index contributed by atoms with van der Waals surface area (Å²) in [6.45, 7) is 2.23. The van der Waals surface area contributed by atoms with Crippen molar-refractivity contribution in [3.63, 3.8) is 0 Å². The van der Waals surface area contributed by atoms with E-state index in [2.05, 4.69) is 0 Å². The van der Waals surface area contributed by atoms with Gasteiger partial charge in [0.1, 0.15) is 0 Å². The van der Waals surface area contributed by atoms with Crippen LogP contribution in [0.5, 0.6) is 0 Å². The summed E-state index contributed by atoms with van der Waals surface area (Å²) < 4.78 is 1.89. The quantitative estimate of drug-likeness (QED) is 0.801. The number of aromatic nitrogens is 1. The van der Waals surface area contributed by atoms with Crippen LogP contribution in [-0.4, -0.2) is 15.8 Å². The van der Waals surface area contributed by atoms with Crippen molar-refractivity contribution >= 4 is 10.9 Å². The summed E-state index contributed by atoms with van der Waals surface area (Å²) in [5.74, 6) is 0. The van der Waals surface area contributed by atoms with Crippen LogP contribution in [0.15, 0.2) is 41.3 Å². The number of aliphatic hydroxyl groups is 1. The number of rotatable bonds is 2. The second-order valence-corrected chi connectivity index (χ2v) is 3.70. The van der Waals surface area contributed by atoms with Gasteiger partial charge in [-0.15, -0.1) is 0 Å². The molecule has 15 heavy (non-hydrogen) atoms. The van der Waals surface area contributed by atoms with Crippen LogP contribution in [-0.2, 0) is 6.54 Å². The Morgan fingerprint density at radius 2 is 2.07 bits per heavy atom. The first-order valence-corrected chi connectivity index (χ1v) is 4.95. The summed E-state index contributed by atoms with van der Waals surface area (Å²) in [5, 5.41) is 10.0. The van der Waals surface area contributed by atoms with Gasteiger partial charge in [-0.2, -0.15) is 0 Å². The van der Waals surface area contributed by atoms with Gasteiger partial charge in [-0.05, 0) is 19.1 Å². The summed E-state index contributed by atoms with van der Waals surface area (Å²) in [5.41, 5.74) is 0.887. The lowest BCUT2D eigenvalue weighted by Crippen LogP contribution is -2.15. The highest BCUT2D eigenvalue weighted by Crippen LogP contribution is 2.09. The summed E-state index contributed by atoms with van der Waals surface area (Å²) in [4.78, 5) is 11.5. The molecule has 2 aromatic rings. The van der Waals surface area contributed by atoms with Gasteiger partial charge in [-0.25, -0.2) is 0 Å². The lowest BCUT2D eigenvalue weighted by Gasteiger charge is -2.11. The van der Waals surface area contributed by atoms with Crippen molar-refractivity contribution in [2.75, 3.05) is 0 Å². The number of fused-ring (bicyclic) bond motifs is 1. The second-order valence-electron chi connectivity index (χ2n) is 3.70. The van der Waals surface area contributed by atoms with Crippen molar-refractivity contribution in [3.05, 3.63) is 46.8 Å². The van der Waals surface area contributed by atoms with Crippen LogP contribution in [0.4, 0.5) is 0 Å². The molecule has 0 bridgehead atoms. The summed E-state index contributed by atoms with van der Waals surface area (Å²) in [6.07, 6.45) is 1.30. The van der Waals surface area contributed by atoms with E-state index >= 15 is 0 Å². The van der Waals surface area contributed by atoms with Crippen LogP contribution in [0.2, 0.25) is 0 Å². The number of aliphatic hydroxyl groups excluding tert-OH is 1. The Morgan fingerprint density at radius 1 is 1.33 bits per heavy atom. The minimum absolute atomic E-state index is 0.0208.